The van der Waals surface area contributed by atoms with E-state index in [4.69, 9.17) is 10.5 Å². The lowest BCUT2D eigenvalue weighted by molar-refractivity contribution is -0.127. The van der Waals surface area contributed by atoms with Gasteiger partial charge in [-0.05, 0) is 23.6 Å². The maximum absolute atomic E-state index is 13.5. The largest absolute Gasteiger partial charge is 0.380 e. The van der Waals surface area contributed by atoms with Crippen LogP contribution in [0.2, 0.25) is 0 Å². The zero-order chi connectivity index (χ0) is 17.4. The highest BCUT2D eigenvalue weighted by atomic mass is 35.5. The second-order valence-electron chi connectivity index (χ2n) is 5.62. The molecule has 0 aliphatic heterocycles. The summed E-state index contributed by atoms with van der Waals surface area (Å²) in [6.45, 7) is 3.91. The highest BCUT2D eigenvalue weighted by Gasteiger charge is 2.17. The second-order valence-corrected chi connectivity index (χ2v) is 5.62. The summed E-state index contributed by atoms with van der Waals surface area (Å²) in [7, 11) is 1.48. The third-order valence-electron chi connectivity index (χ3n) is 3.34. The van der Waals surface area contributed by atoms with E-state index in [0.29, 0.717) is 5.56 Å². The van der Waals surface area contributed by atoms with E-state index >= 15 is 0 Å². The predicted molar refractivity (Wildman–Crippen MR) is 92.0 cm³/mol. The van der Waals surface area contributed by atoms with Crippen molar-refractivity contribution >= 4 is 24.2 Å². The standard InChI is InChI=1S/C16H24FN3O3.ClH/c1-10(2)15(18)16(22)20-8-14(21)19-7-11-4-5-13(17)12(6-11)9-23-3;/h4-6,10,15H,7-9,18H2,1-3H3,(H,19,21)(H,20,22);1H/t15-;/m0./s1. The molecule has 0 aromatic heterocycles. The van der Waals surface area contributed by atoms with Crippen LogP contribution in [0.1, 0.15) is 25.0 Å². The molecule has 0 fully saturated rings. The van der Waals surface area contributed by atoms with Crippen molar-refractivity contribution in [2.45, 2.75) is 33.0 Å². The summed E-state index contributed by atoms with van der Waals surface area (Å²) in [5, 5.41) is 5.14. The van der Waals surface area contributed by atoms with E-state index in [1.54, 1.807) is 12.1 Å². The van der Waals surface area contributed by atoms with E-state index in [2.05, 4.69) is 10.6 Å². The van der Waals surface area contributed by atoms with Gasteiger partial charge in [0, 0.05) is 19.2 Å². The van der Waals surface area contributed by atoms with E-state index in [9.17, 15) is 14.0 Å². The fourth-order valence-corrected chi connectivity index (χ4v) is 1.86. The molecule has 136 valence electrons. The number of carbonyl (C=O) groups is 2. The Bertz CT molecular complexity index is 555. The molecule has 0 saturated carbocycles. The highest BCUT2D eigenvalue weighted by molar-refractivity contribution is 5.87. The van der Waals surface area contributed by atoms with Gasteiger partial charge in [-0.15, -0.1) is 12.4 Å². The van der Waals surface area contributed by atoms with E-state index in [1.165, 1.54) is 13.2 Å². The van der Waals surface area contributed by atoms with Crippen LogP contribution in [0.15, 0.2) is 18.2 Å². The molecule has 1 rings (SSSR count). The van der Waals surface area contributed by atoms with Crippen molar-refractivity contribution in [3.05, 3.63) is 35.1 Å². The van der Waals surface area contributed by atoms with Gasteiger partial charge in [0.2, 0.25) is 11.8 Å². The van der Waals surface area contributed by atoms with Crippen LogP contribution in [0, 0.1) is 11.7 Å². The van der Waals surface area contributed by atoms with Crippen molar-refractivity contribution in [3.63, 3.8) is 0 Å². The molecule has 2 amide bonds. The number of rotatable bonds is 8. The Kier molecular flexibility index (Phi) is 10.2. The minimum Gasteiger partial charge on any atom is -0.380 e. The van der Waals surface area contributed by atoms with Crippen molar-refractivity contribution < 1.29 is 18.7 Å². The van der Waals surface area contributed by atoms with Gasteiger partial charge in [0.05, 0.1) is 19.2 Å². The molecule has 1 aromatic rings. The van der Waals surface area contributed by atoms with Gasteiger partial charge in [-0.3, -0.25) is 9.59 Å². The van der Waals surface area contributed by atoms with Crippen molar-refractivity contribution in [1.82, 2.24) is 10.6 Å². The molecule has 6 nitrogen and oxygen atoms in total. The number of ether oxygens (including phenoxy) is 1. The summed E-state index contributed by atoms with van der Waals surface area (Å²) in [4.78, 5) is 23.4. The van der Waals surface area contributed by atoms with Crippen molar-refractivity contribution in [2.24, 2.45) is 11.7 Å². The first-order chi connectivity index (χ1) is 10.8. The molecule has 0 saturated heterocycles. The Balaban J connectivity index is 0.00000529. The Morgan fingerprint density at radius 3 is 2.54 bits per heavy atom. The monoisotopic (exact) mass is 361 g/mol. The Morgan fingerprint density at radius 1 is 1.29 bits per heavy atom. The van der Waals surface area contributed by atoms with Gasteiger partial charge >= 0.3 is 0 Å². The van der Waals surface area contributed by atoms with Crippen LogP contribution in [0.5, 0.6) is 0 Å². The minimum atomic E-state index is -0.642. The van der Waals surface area contributed by atoms with E-state index < -0.39 is 6.04 Å². The van der Waals surface area contributed by atoms with Crippen LogP contribution >= 0.6 is 12.4 Å². The van der Waals surface area contributed by atoms with Crippen LogP contribution in [-0.4, -0.2) is 31.5 Å². The number of halogens is 2. The zero-order valence-electron chi connectivity index (χ0n) is 14.1. The van der Waals surface area contributed by atoms with Gasteiger partial charge in [-0.2, -0.15) is 0 Å². The molecule has 0 bridgehead atoms. The van der Waals surface area contributed by atoms with Crippen LogP contribution in [0.3, 0.4) is 0 Å². The van der Waals surface area contributed by atoms with Crippen molar-refractivity contribution in [2.75, 3.05) is 13.7 Å². The smallest absolute Gasteiger partial charge is 0.239 e. The number of hydrogen-bond acceptors (Lipinski definition) is 4. The molecule has 1 atom stereocenters. The number of carbonyl (C=O) groups excluding carboxylic acids is 2. The fraction of sp³-hybridized carbons (Fsp3) is 0.500. The van der Waals surface area contributed by atoms with Crippen molar-refractivity contribution in [3.8, 4) is 0 Å². The number of nitrogens with one attached hydrogen (secondary N) is 2. The summed E-state index contributed by atoms with van der Waals surface area (Å²) in [5.74, 6) is -1.06. The Hall–Kier alpha value is -1.70. The van der Waals surface area contributed by atoms with Gasteiger partial charge in [-0.1, -0.05) is 19.9 Å². The summed E-state index contributed by atoms with van der Waals surface area (Å²) in [6, 6.07) is 3.91. The molecule has 0 unspecified atom stereocenters. The molecule has 0 spiro atoms. The van der Waals surface area contributed by atoms with Gasteiger partial charge in [0.1, 0.15) is 5.82 Å². The zero-order valence-corrected chi connectivity index (χ0v) is 14.9. The molecule has 0 aliphatic carbocycles. The molecule has 0 radical (unpaired) electrons. The number of benzene rings is 1. The third-order valence-corrected chi connectivity index (χ3v) is 3.34. The first-order valence-electron chi connectivity index (χ1n) is 7.41. The average molecular weight is 362 g/mol. The fourth-order valence-electron chi connectivity index (χ4n) is 1.86. The van der Waals surface area contributed by atoms with Crippen LogP contribution in [0.4, 0.5) is 4.39 Å². The normalized spacial score (nSPS) is 11.6. The maximum atomic E-state index is 13.5. The summed E-state index contributed by atoms with van der Waals surface area (Å²) < 4.78 is 18.4. The van der Waals surface area contributed by atoms with Crippen LogP contribution < -0.4 is 16.4 Å². The van der Waals surface area contributed by atoms with E-state index in [0.717, 1.165) is 5.56 Å². The molecule has 8 heteroatoms. The second kappa shape index (κ2) is 11.0. The lowest BCUT2D eigenvalue weighted by Crippen LogP contribution is -2.47. The third kappa shape index (κ3) is 7.25. The van der Waals surface area contributed by atoms with Crippen LogP contribution in [0.25, 0.3) is 0 Å². The molecule has 24 heavy (non-hydrogen) atoms. The Labute approximate surface area is 147 Å². The van der Waals surface area contributed by atoms with Gasteiger partial charge in [0.25, 0.3) is 0 Å². The first-order valence-corrected chi connectivity index (χ1v) is 7.41. The summed E-state index contributed by atoms with van der Waals surface area (Å²) >= 11 is 0. The van der Waals surface area contributed by atoms with Crippen LogP contribution in [-0.2, 0) is 27.5 Å². The molecular weight excluding hydrogens is 337 g/mol. The van der Waals surface area contributed by atoms with Gasteiger partial charge in [-0.25, -0.2) is 4.39 Å². The molecule has 0 aliphatic rings. The van der Waals surface area contributed by atoms with Crippen molar-refractivity contribution in [1.29, 1.82) is 0 Å². The summed E-state index contributed by atoms with van der Waals surface area (Å²) in [5.41, 5.74) is 6.85. The SMILES string of the molecule is COCc1cc(CNC(=O)CNC(=O)[C@@H](N)C(C)C)ccc1F.Cl. The lowest BCUT2D eigenvalue weighted by Gasteiger charge is -2.15. The summed E-state index contributed by atoms with van der Waals surface area (Å²) in [6.07, 6.45) is 0. The number of hydrogen-bond donors (Lipinski definition) is 3. The molecule has 4 N–H and O–H groups in total. The molecule has 0 heterocycles. The van der Waals surface area contributed by atoms with E-state index in [1.807, 2.05) is 13.8 Å². The number of nitrogens with two attached hydrogens (primary N) is 1. The van der Waals surface area contributed by atoms with Gasteiger partial charge in [0.15, 0.2) is 0 Å². The minimum absolute atomic E-state index is 0. The quantitative estimate of drug-likeness (QED) is 0.646. The lowest BCUT2D eigenvalue weighted by atomic mass is 10.1. The highest BCUT2D eigenvalue weighted by Crippen LogP contribution is 2.11. The number of amides is 2. The van der Waals surface area contributed by atoms with E-state index in [-0.39, 0.29) is 55.7 Å². The topological polar surface area (TPSA) is 93.5 Å². The maximum Gasteiger partial charge on any atom is 0.239 e. The Morgan fingerprint density at radius 2 is 1.96 bits per heavy atom. The first kappa shape index (κ1) is 22.3. The number of methoxy groups -OCH3 is 1. The molecule has 1 aromatic carbocycles. The van der Waals surface area contributed by atoms with Gasteiger partial charge < -0.3 is 21.1 Å². The molecular formula is C16H25ClFN3O3. The average Bonchev–Trinajstić information content (AvgIpc) is 2.52. The predicted octanol–water partition coefficient (Wildman–Crippen LogP) is 1.11.